The zero-order chi connectivity index (χ0) is 14.4. The van der Waals surface area contributed by atoms with Gasteiger partial charge < -0.3 is 10.2 Å². The monoisotopic (exact) mass is 270 g/mol. The van der Waals surface area contributed by atoms with Gasteiger partial charge in [0.2, 0.25) is 0 Å². The molecule has 1 heterocycles. The van der Waals surface area contributed by atoms with E-state index in [9.17, 15) is 0 Å². The van der Waals surface area contributed by atoms with Crippen LogP contribution in [0.4, 0.5) is 17.3 Å². The van der Waals surface area contributed by atoms with Crippen LogP contribution in [0.5, 0.6) is 0 Å². The van der Waals surface area contributed by atoms with Crippen molar-refractivity contribution in [2.24, 2.45) is 0 Å². The van der Waals surface area contributed by atoms with Gasteiger partial charge in [-0.3, -0.25) is 4.98 Å². The van der Waals surface area contributed by atoms with Gasteiger partial charge in [-0.25, -0.2) is 4.98 Å². The molecule has 20 heavy (non-hydrogen) atoms. The lowest BCUT2D eigenvalue weighted by molar-refractivity contribution is 0.960. The normalized spacial score (nSPS) is 10.3. The lowest BCUT2D eigenvalue weighted by Crippen LogP contribution is -2.13. The van der Waals surface area contributed by atoms with Crippen LogP contribution in [0.1, 0.15) is 25.8 Å². The summed E-state index contributed by atoms with van der Waals surface area (Å²) >= 11 is 0. The smallest absolute Gasteiger partial charge is 0.153 e. The van der Waals surface area contributed by atoms with Crippen LogP contribution in [0, 0.1) is 0 Å². The first-order valence-corrected chi connectivity index (χ1v) is 7.13. The van der Waals surface area contributed by atoms with Crippen molar-refractivity contribution in [1.29, 1.82) is 0 Å². The van der Waals surface area contributed by atoms with Gasteiger partial charge in [-0.1, -0.05) is 26.0 Å². The number of nitrogens with zero attached hydrogens (tertiary/aromatic N) is 3. The minimum absolute atomic E-state index is 0.821. The summed E-state index contributed by atoms with van der Waals surface area (Å²) in [5.74, 6) is 1.66. The van der Waals surface area contributed by atoms with Crippen LogP contribution < -0.4 is 10.2 Å². The molecule has 4 nitrogen and oxygen atoms in total. The maximum Gasteiger partial charge on any atom is 0.153 e. The fraction of sp³-hybridized carbons (Fsp3) is 0.375. The van der Waals surface area contributed by atoms with Crippen molar-refractivity contribution in [3.63, 3.8) is 0 Å². The van der Waals surface area contributed by atoms with E-state index < -0.39 is 0 Å². The number of hydrogen-bond acceptors (Lipinski definition) is 4. The fourth-order valence-electron chi connectivity index (χ4n) is 1.94. The molecule has 0 aliphatic carbocycles. The molecule has 0 aliphatic rings. The average Bonchev–Trinajstić information content (AvgIpc) is 2.52. The molecule has 106 valence electrons. The first kappa shape index (κ1) is 14.3. The van der Waals surface area contributed by atoms with E-state index in [1.54, 1.807) is 12.4 Å². The summed E-state index contributed by atoms with van der Waals surface area (Å²) in [7, 11) is 2.01. The van der Waals surface area contributed by atoms with Crippen molar-refractivity contribution in [1.82, 2.24) is 9.97 Å². The molecule has 2 rings (SSSR count). The molecule has 0 fully saturated rings. The zero-order valence-electron chi connectivity index (χ0n) is 12.4. The van der Waals surface area contributed by atoms with E-state index in [0.29, 0.717) is 0 Å². The summed E-state index contributed by atoms with van der Waals surface area (Å²) in [6.45, 7) is 5.20. The van der Waals surface area contributed by atoms with Crippen molar-refractivity contribution < 1.29 is 0 Å². The lowest BCUT2D eigenvalue weighted by Gasteiger charge is -2.19. The van der Waals surface area contributed by atoms with Gasteiger partial charge in [0.05, 0.1) is 12.4 Å². The van der Waals surface area contributed by atoms with Crippen LogP contribution in [-0.2, 0) is 6.42 Å². The van der Waals surface area contributed by atoms with Crippen molar-refractivity contribution in [3.8, 4) is 0 Å². The Morgan fingerprint density at radius 3 is 2.50 bits per heavy atom. The molecule has 0 amide bonds. The Hall–Kier alpha value is -2.10. The Bertz CT molecular complexity index is 536. The minimum atomic E-state index is 0.821. The largest absolute Gasteiger partial charge is 0.369 e. The number of anilines is 3. The van der Waals surface area contributed by atoms with Crippen LogP contribution >= 0.6 is 0 Å². The molecule has 0 spiro atoms. The van der Waals surface area contributed by atoms with E-state index in [0.717, 1.165) is 36.7 Å². The predicted octanol–water partition coefficient (Wildman–Crippen LogP) is 3.63. The number of nitrogens with one attached hydrogen (secondary N) is 1. The summed E-state index contributed by atoms with van der Waals surface area (Å²) in [6, 6.07) is 8.54. The van der Waals surface area contributed by atoms with Crippen molar-refractivity contribution in [2.45, 2.75) is 26.7 Å². The summed E-state index contributed by atoms with van der Waals surface area (Å²) in [5, 5.41) is 3.26. The second-order valence-electron chi connectivity index (χ2n) is 4.77. The molecule has 1 aromatic heterocycles. The minimum Gasteiger partial charge on any atom is -0.369 e. The number of aromatic nitrogens is 2. The first-order valence-electron chi connectivity index (χ1n) is 7.13. The van der Waals surface area contributed by atoms with Gasteiger partial charge in [-0.2, -0.15) is 0 Å². The molecular weight excluding hydrogens is 248 g/mol. The molecule has 1 aromatic carbocycles. The maximum absolute atomic E-state index is 4.58. The molecule has 0 bridgehead atoms. The van der Waals surface area contributed by atoms with E-state index in [-0.39, 0.29) is 0 Å². The van der Waals surface area contributed by atoms with Gasteiger partial charge in [-0.05, 0) is 30.5 Å². The average molecular weight is 270 g/mol. The molecule has 0 unspecified atom stereocenters. The molecule has 0 saturated heterocycles. The van der Waals surface area contributed by atoms with Gasteiger partial charge in [0, 0.05) is 19.3 Å². The van der Waals surface area contributed by atoms with Gasteiger partial charge in [0.1, 0.15) is 5.82 Å². The number of benzene rings is 1. The topological polar surface area (TPSA) is 41.1 Å². The molecule has 0 saturated carbocycles. The van der Waals surface area contributed by atoms with Crippen LogP contribution in [0.25, 0.3) is 0 Å². The highest BCUT2D eigenvalue weighted by Crippen LogP contribution is 2.22. The molecule has 0 aliphatic heterocycles. The van der Waals surface area contributed by atoms with Crippen LogP contribution in [-0.4, -0.2) is 23.6 Å². The molecule has 2 aromatic rings. The van der Waals surface area contributed by atoms with Gasteiger partial charge in [0.25, 0.3) is 0 Å². The van der Waals surface area contributed by atoms with E-state index >= 15 is 0 Å². The molecule has 1 N–H and O–H groups in total. The fourth-order valence-corrected chi connectivity index (χ4v) is 1.94. The number of rotatable bonds is 6. The van der Waals surface area contributed by atoms with E-state index in [1.807, 2.05) is 11.9 Å². The molecular formula is C16H22N4. The highest BCUT2D eigenvalue weighted by atomic mass is 15.2. The molecule has 4 heteroatoms. The zero-order valence-corrected chi connectivity index (χ0v) is 12.4. The summed E-state index contributed by atoms with van der Waals surface area (Å²) in [6.07, 6.45) is 5.67. The standard InChI is InChI=1S/C16H22N4/c1-4-10-18-15-11-17-12-16(19-15)20(3)14-8-6-13(5-2)7-9-14/h6-9,11-12H,4-5,10H2,1-3H3,(H,18,19). The van der Waals surface area contributed by atoms with Gasteiger partial charge in [0.15, 0.2) is 5.82 Å². The Kier molecular flexibility index (Phi) is 4.93. The SMILES string of the molecule is CCCNc1cncc(N(C)c2ccc(CC)cc2)n1. The van der Waals surface area contributed by atoms with Crippen LogP contribution in [0.15, 0.2) is 36.7 Å². The van der Waals surface area contributed by atoms with E-state index in [1.165, 1.54) is 5.56 Å². The third-order valence-corrected chi connectivity index (χ3v) is 3.25. The molecule has 0 atom stereocenters. The van der Waals surface area contributed by atoms with Gasteiger partial charge in [-0.15, -0.1) is 0 Å². The summed E-state index contributed by atoms with van der Waals surface area (Å²) in [4.78, 5) is 10.9. The van der Waals surface area contributed by atoms with Crippen LogP contribution in [0.3, 0.4) is 0 Å². The molecule has 0 radical (unpaired) electrons. The summed E-state index contributed by atoms with van der Waals surface area (Å²) < 4.78 is 0. The lowest BCUT2D eigenvalue weighted by atomic mass is 10.1. The number of aryl methyl sites for hydroxylation is 1. The Labute approximate surface area is 120 Å². The second kappa shape index (κ2) is 6.89. The quantitative estimate of drug-likeness (QED) is 0.870. The Balaban J connectivity index is 2.16. The van der Waals surface area contributed by atoms with E-state index in [4.69, 9.17) is 0 Å². The maximum atomic E-state index is 4.58. The van der Waals surface area contributed by atoms with Crippen molar-refractivity contribution in [2.75, 3.05) is 23.8 Å². The highest BCUT2D eigenvalue weighted by Gasteiger charge is 2.06. The summed E-state index contributed by atoms with van der Waals surface area (Å²) in [5.41, 5.74) is 2.45. The third-order valence-electron chi connectivity index (χ3n) is 3.25. The Morgan fingerprint density at radius 2 is 1.85 bits per heavy atom. The van der Waals surface area contributed by atoms with Crippen LogP contribution in [0.2, 0.25) is 0 Å². The van der Waals surface area contributed by atoms with Crippen molar-refractivity contribution >= 4 is 17.3 Å². The van der Waals surface area contributed by atoms with E-state index in [2.05, 4.69) is 53.4 Å². The third kappa shape index (κ3) is 3.47. The van der Waals surface area contributed by atoms with Crippen molar-refractivity contribution in [3.05, 3.63) is 42.2 Å². The Morgan fingerprint density at radius 1 is 1.10 bits per heavy atom. The van der Waals surface area contributed by atoms with Gasteiger partial charge >= 0.3 is 0 Å². The highest BCUT2D eigenvalue weighted by molar-refractivity contribution is 5.60. The second-order valence-corrected chi connectivity index (χ2v) is 4.77. The number of hydrogen-bond donors (Lipinski definition) is 1. The first-order chi connectivity index (χ1) is 9.74. The predicted molar refractivity (Wildman–Crippen MR) is 84.7 cm³/mol.